The normalized spacial score (nSPS) is 14.5. The van der Waals surface area contributed by atoms with Crippen molar-refractivity contribution in [1.82, 2.24) is 16.0 Å². The molecule has 17 nitrogen and oxygen atoms in total. The maximum atomic E-state index is 14.3. The maximum Gasteiger partial charge on any atom is 0.224 e. The van der Waals surface area contributed by atoms with Crippen LogP contribution in [-0.4, -0.2) is 95.0 Å². The number of nitrogens with two attached hydrogens (primary N) is 4. The van der Waals surface area contributed by atoms with Crippen LogP contribution < -0.4 is 38.9 Å². The Morgan fingerprint density at radius 1 is 0.591 bits per heavy atom. The first-order valence-corrected chi connectivity index (χ1v) is 23.2. The van der Waals surface area contributed by atoms with Gasteiger partial charge in [-0.3, -0.25) is 38.6 Å². The number of carbonyl (C=O) groups excluding carboxylic acids is 7. The Labute approximate surface area is 390 Å². The Hall–Kier alpha value is -5.68. The maximum absolute atomic E-state index is 14.3. The summed E-state index contributed by atoms with van der Waals surface area (Å²) in [6.07, 6.45) is 2.05. The van der Waals surface area contributed by atoms with E-state index in [0.717, 1.165) is 11.1 Å². The number of hydrogen-bond donors (Lipinski definition) is 9. The molecular weight excluding hydrogens is 845 g/mol. The van der Waals surface area contributed by atoms with Crippen molar-refractivity contribution in [3.8, 4) is 5.75 Å². The zero-order valence-corrected chi connectivity index (χ0v) is 39.5. The minimum Gasteiger partial charge on any atom is -0.508 e. The molecule has 0 aliphatic heterocycles. The van der Waals surface area contributed by atoms with Crippen LogP contribution in [0, 0.1) is 35.5 Å². The van der Waals surface area contributed by atoms with E-state index in [9.17, 15) is 43.8 Å². The highest BCUT2D eigenvalue weighted by atomic mass is 16.3. The van der Waals surface area contributed by atoms with E-state index in [4.69, 9.17) is 22.9 Å². The highest BCUT2D eigenvalue weighted by molar-refractivity contribution is 5.97. The fourth-order valence-electron chi connectivity index (χ4n) is 7.75. The summed E-state index contributed by atoms with van der Waals surface area (Å²) in [7, 11) is 0. The van der Waals surface area contributed by atoms with E-state index < -0.39 is 77.7 Å². The lowest BCUT2D eigenvalue weighted by Gasteiger charge is -2.27. The molecule has 4 amide bonds. The largest absolute Gasteiger partial charge is 0.508 e. The number of primary amides is 1. The van der Waals surface area contributed by atoms with Crippen LogP contribution in [0.5, 0.6) is 5.75 Å². The average molecular weight is 921 g/mol. The van der Waals surface area contributed by atoms with E-state index >= 15 is 0 Å². The molecule has 0 radical (unpaired) electrons. The average Bonchev–Trinajstić information content (AvgIpc) is 3.25. The van der Waals surface area contributed by atoms with Gasteiger partial charge in [0.2, 0.25) is 23.6 Å². The summed E-state index contributed by atoms with van der Waals surface area (Å²) in [5.41, 5.74) is 23.8. The van der Waals surface area contributed by atoms with Crippen LogP contribution in [0.3, 0.4) is 0 Å². The van der Waals surface area contributed by atoms with Crippen molar-refractivity contribution in [2.75, 3.05) is 19.7 Å². The zero-order valence-electron chi connectivity index (χ0n) is 39.5. The van der Waals surface area contributed by atoms with Crippen molar-refractivity contribution in [3.63, 3.8) is 0 Å². The van der Waals surface area contributed by atoms with Gasteiger partial charge < -0.3 is 49.1 Å². The van der Waals surface area contributed by atoms with E-state index in [-0.39, 0.29) is 93.1 Å². The number of aliphatic hydroxyl groups is 1. The van der Waals surface area contributed by atoms with E-state index in [0.29, 0.717) is 32.2 Å². The summed E-state index contributed by atoms with van der Waals surface area (Å²) in [6.45, 7) is 9.28. The lowest BCUT2D eigenvalue weighted by atomic mass is 9.86. The molecule has 0 aliphatic rings. The molecule has 0 spiro atoms. The number of unbranched alkanes of at least 4 members (excludes halogenated alkanes) is 1. The topological polar surface area (TPSA) is 312 Å². The summed E-state index contributed by atoms with van der Waals surface area (Å²) in [6, 6.07) is 12.4. The molecule has 0 fully saturated rings. The third-order valence-electron chi connectivity index (χ3n) is 11.4. The summed E-state index contributed by atoms with van der Waals surface area (Å²) in [4.78, 5) is 99.8. The van der Waals surface area contributed by atoms with Crippen molar-refractivity contribution in [2.45, 2.75) is 130 Å². The lowest BCUT2D eigenvalue weighted by Crippen LogP contribution is -2.49. The molecule has 0 saturated carbocycles. The number of hydrogen-bond acceptors (Lipinski definition) is 11. The third-order valence-corrected chi connectivity index (χ3v) is 11.4. The van der Waals surface area contributed by atoms with Crippen molar-refractivity contribution in [3.05, 3.63) is 65.7 Å². The number of amides is 4. The first-order chi connectivity index (χ1) is 31.2. The first kappa shape index (κ1) is 56.4. The lowest BCUT2D eigenvalue weighted by molar-refractivity contribution is -0.136. The summed E-state index contributed by atoms with van der Waals surface area (Å²) in [5, 5.41) is 28.0. The second-order valence-electron chi connectivity index (χ2n) is 18.3. The molecule has 366 valence electrons. The van der Waals surface area contributed by atoms with Gasteiger partial charge >= 0.3 is 0 Å². The van der Waals surface area contributed by atoms with Gasteiger partial charge in [0.15, 0.2) is 23.3 Å². The van der Waals surface area contributed by atoms with Crippen LogP contribution in [0.25, 0.3) is 0 Å². The Balaban J connectivity index is 2.37. The SMILES string of the molecule is CC(C)C[C@H](CC(=O)[C@H](CC(C)C)NC(=O)[C@H](CCCCN)CC(=O)[C@H](CCCN=C(N)N)NC(=O)[C@@H](C)Cc1ccc(O)cc1)C(=O)N[C@@H](Cc1ccccc1)C(=O)C[C@@H](CO)C(N)=O. The monoisotopic (exact) mass is 921 g/mol. The third kappa shape index (κ3) is 21.5. The number of aliphatic imine (C=N–C) groups is 1. The molecule has 2 aromatic carbocycles. The van der Waals surface area contributed by atoms with Crippen LogP contribution in [-0.2, 0) is 46.4 Å². The Morgan fingerprint density at radius 2 is 1.12 bits per heavy atom. The summed E-state index contributed by atoms with van der Waals surface area (Å²) in [5.74, 6) is -7.09. The number of aromatic hydroxyl groups is 1. The second-order valence-corrected chi connectivity index (χ2v) is 18.3. The van der Waals surface area contributed by atoms with Gasteiger partial charge in [-0.15, -0.1) is 0 Å². The van der Waals surface area contributed by atoms with Crippen molar-refractivity contribution >= 4 is 46.9 Å². The van der Waals surface area contributed by atoms with Crippen molar-refractivity contribution < 1.29 is 43.8 Å². The molecular formula is C49H76N8O9. The minimum atomic E-state index is -1.14. The van der Waals surface area contributed by atoms with Gasteiger partial charge in [-0.2, -0.15) is 0 Å². The number of phenolic OH excluding ortho intramolecular Hbond substituents is 1. The molecule has 2 aromatic rings. The van der Waals surface area contributed by atoms with Crippen molar-refractivity contribution in [1.29, 1.82) is 0 Å². The van der Waals surface area contributed by atoms with Crippen LogP contribution in [0.4, 0.5) is 0 Å². The van der Waals surface area contributed by atoms with Crippen molar-refractivity contribution in [2.24, 2.45) is 63.4 Å². The Bertz CT molecular complexity index is 1890. The predicted octanol–water partition coefficient (Wildman–Crippen LogP) is 2.75. The van der Waals surface area contributed by atoms with Gasteiger partial charge in [-0.1, -0.05) is 83.5 Å². The van der Waals surface area contributed by atoms with Crippen LogP contribution in [0.15, 0.2) is 59.6 Å². The molecule has 0 unspecified atom stereocenters. The fraction of sp³-hybridized carbons (Fsp3) is 0.592. The number of carbonyl (C=O) groups is 7. The summed E-state index contributed by atoms with van der Waals surface area (Å²) < 4.78 is 0. The smallest absolute Gasteiger partial charge is 0.224 e. The number of ketones is 3. The summed E-state index contributed by atoms with van der Waals surface area (Å²) >= 11 is 0. The standard InChI is InChI=1S/C49H76N8O9/c1-30(2)22-36(48(66)57-41(25-33-12-7-6-8-13-33)44(62)28-37(29-58)45(51)63)27-43(61)40(23-31(3)4)56-47(65)35(14-9-10-20-50)26-42(60)39(15-11-21-54-49(52)53)55-46(64)32(5)24-34-16-18-38(59)19-17-34/h6-8,12-13,16-19,30-32,35-37,39-41,58-59H,9-11,14-15,20-29,50H2,1-5H3,(H2,51,63)(H,55,64)(H,56,65)(H,57,66)(H4,52,53,54)/t32-,35+,36+,37-,39-,40-,41-/m0/s1. The van der Waals surface area contributed by atoms with E-state index in [1.807, 2.05) is 33.8 Å². The quantitative estimate of drug-likeness (QED) is 0.0284. The van der Waals surface area contributed by atoms with E-state index in [1.54, 1.807) is 43.3 Å². The van der Waals surface area contributed by atoms with Gasteiger partial charge in [0, 0.05) is 43.6 Å². The second kappa shape index (κ2) is 29.8. The number of guanidine groups is 1. The molecule has 0 aromatic heterocycles. The number of nitrogens with one attached hydrogen (secondary N) is 3. The highest BCUT2D eigenvalue weighted by Crippen LogP contribution is 2.23. The van der Waals surface area contributed by atoms with Crippen LogP contribution >= 0.6 is 0 Å². The molecule has 17 heteroatoms. The van der Waals surface area contributed by atoms with E-state index in [1.165, 1.54) is 12.1 Å². The molecule has 2 rings (SSSR count). The van der Waals surface area contributed by atoms with Crippen LogP contribution in [0.2, 0.25) is 0 Å². The predicted molar refractivity (Wildman–Crippen MR) is 254 cm³/mol. The zero-order chi connectivity index (χ0) is 49.3. The number of benzene rings is 2. The minimum absolute atomic E-state index is 0.0368. The van der Waals surface area contributed by atoms with E-state index in [2.05, 4.69) is 20.9 Å². The number of aliphatic hydroxyl groups excluding tert-OH is 1. The molecule has 0 saturated heterocycles. The Morgan fingerprint density at radius 3 is 1.70 bits per heavy atom. The molecule has 0 bridgehead atoms. The molecule has 7 atom stereocenters. The first-order valence-electron chi connectivity index (χ1n) is 23.2. The number of nitrogens with zero attached hydrogens (tertiary/aromatic N) is 1. The number of Topliss-reactive ketones (excluding diaryl/α,β-unsaturated/α-hetero) is 3. The molecule has 66 heavy (non-hydrogen) atoms. The molecule has 13 N–H and O–H groups in total. The molecule has 0 aliphatic carbocycles. The van der Waals surface area contributed by atoms with Gasteiger partial charge in [-0.25, -0.2) is 0 Å². The number of phenols is 1. The van der Waals surface area contributed by atoms with Gasteiger partial charge in [0.1, 0.15) is 5.75 Å². The van der Waals surface area contributed by atoms with Gasteiger partial charge in [-0.05, 0) is 93.0 Å². The molecule has 0 heterocycles. The Kier molecular flexibility index (Phi) is 25.5. The van der Waals surface area contributed by atoms with Crippen LogP contribution in [0.1, 0.15) is 110 Å². The number of rotatable bonds is 33. The highest BCUT2D eigenvalue weighted by Gasteiger charge is 2.34. The van der Waals surface area contributed by atoms with Gasteiger partial charge in [0.25, 0.3) is 0 Å². The van der Waals surface area contributed by atoms with Gasteiger partial charge in [0.05, 0.1) is 30.7 Å². The fourth-order valence-corrected chi connectivity index (χ4v) is 7.75.